The normalized spacial score (nSPS) is 15.0. The summed E-state index contributed by atoms with van der Waals surface area (Å²) in [5.74, 6) is -0.823. The van der Waals surface area contributed by atoms with Gasteiger partial charge in [-0.2, -0.15) is 0 Å². The molecule has 0 radical (unpaired) electrons. The highest BCUT2D eigenvalue weighted by atomic mass is 19.1. The van der Waals surface area contributed by atoms with Crippen molar-refractivity contribution in [3.8, 4) is 0 Å². The highest BCUT2D eigenvalue weighted by Crippen LogP contribution is 2.31. The van der Waals surface area contributed by atoms with E-state index in [2.05, 4.69) is 9.88 Å². The Morgan fingerprint density at radius 2 is 1.68 bits per heavy atom. The first-order chi connectivity index (χ1) is 13.5. The molecule has 5 nitrogen and oxygen atoms in total. The Kier molecular flexibility index (Phi) is 4.77. The van der Waals surface area contributed by atoms with Crippen LogP contribution >= 0.6 is 0 Å². The van der Waals surface area contributed by atoms with E-state index in [9.17, 15) is 14.0 Å². The number of benzene rings is 2. The number of ketones is 1. The van der Waals surface area contributed by atoms with Gasteiger partial charge in [-0.1, -0.05) is 6.07 Å². The van der Waals surface area contributed by atoms with Crippen molar-refractivity contribution in [2.45, 2.75) is 12.8 Å². The molecular formula is C22H20FN3O2. The Balaban J connectivity index is 1.53. The van der Waals surface area contributed by atoms with Gasteiger partial charge in [0.25, 0.3) is 0 Å². The van der Waals surface area contributed by atoms with Crippen LogP contribution in [0.5, 0.6) is 0 Å². The zero-order valence-corrected chi connectivity index (χ0v) is 15.3. The Labute approximate surface area is 162 Å². The first-order valence-corrected chi connectivity index (χ1v) is 9.25. The first kappa shape index (κ1) is 18.1. The molecule has 0 spiro atoms. The van der Waals surface area contributed by atoms with Crippen LogP contribution in [0.25, 0.3) is 10.8 Å². The van der Waals surface area contributed by atoms with E-state index in [4.69, 9.17) is 5.73 Å². The average Bonchev–Trinajstić information content (AvgIpc) is 2.73. The topological polar surface area (TPSA) is 76.3 Å². The SMILES string of the molecule is NC(=O)c1ccc2cncc(N3CCC(C(=O)c4ccc(F)cc4)CC3)c2c1. The van der Waals surface area contributed by atoms with Gasteiger partial charge in [0.15, 0.2) is 5.78 Å². The lowest BCUT2D eigenvalue weighted by atomic mass is 9.88. The van der Waals surface area contributed by atoms with Gasteiger partial charge in [0.1, 0.15) is 5.82 Å². The van der Waals surface area contributed by atoms with Crippen LogP contribution in [-0.2, 0) is 0 Å². The minimum absolute atomic E-state index is 0.0618. The molecule has 2 N–H and O–H groups in total. The average molecular weight is 377 g/mol. The summed E-state index contributed by atoms with van der Waals surface area (Å²) in [6.07, 6.45) is 4.97. The number of fused-ring (bicyclic) bond motifs is 1. The van der Waals surface area contributed by atoms with Crippen molar-refractivity contribution >= 4 is 28.2 Å². The molecule has 1 saturated heterocycles. The van der Waals surface area contributed by atoms with Crippen LogP contribution in [-0.4, -0.2) is 29.8 Å². The number of nitrogens with zero attached hydrogens (tertiary/aromatic N) is 2. The number of primary amides is 1. The minimum atomic E-state index is -0.465. The molecule has 0 atom stereocenters. The number of anilines is 1. The van der Waals surface area contributed by atoms with Crippen molar-refractivity contribution in [1.29, 1.82) is 0 Å². The Morgan fingerprint density at radius 1 is 1.00 bits per heavy atom. The Bertz CT molecular complexity index is 1040. The predicted molar refractivity (Wildman–Crippen MR) is 106 cm³/mol. The van der Waals surface area contributed by atoms with Crippen molar-refractivity contribution in [1.82, 2.24) is 4.98 Å². The fourth-order valence-corrected chi connectivity index (χ4v) is 3.79. The van der Waals surface area contributed by atoms with Gasteiger partial charge in [-0.05, 0) is 49.2 Å². The molecule has 2 heterocycles. The molecule has 1 aliphatic rings. The molecule has 0 bridgehead atoms. The zero-order valence-electron chi connectivity index (χ0n) is 15.3. The lowest BCUT2D eigenvalue weighted by Crippen LogP contribution is -2.36. The first-order valence-electron chi connectivity index (χ1n) is 9.25. The third-order valence-corrected chi connectivity index (χ3v) is 5.36. The summed E-state index contributed by atoms with van der Waals surface area (Å²) >= 11 is 0. The van der Waals surface area contributed by atoms with Gasteiger partial charge in [0.2, 0.25) is 5.91 Å². The fourth-order valence-electron chi connectivity index (χ4n) is 3.79. The number of piperidine rings is 1. The van der Waals surface area contributed by atoms with Crippen molar-refractivity contribution in [3.05, 3.63) is 71.8 Å². The van der Waals surface area contributed by atoms with Crippen LogP contribution in [0.15, 0.2) is 54.9 Å². The van der Waals surface area contributed by atoms with Gasteiger partial charge in [-0.3, -0.25) is 14.6 Å². The molecule has 2 aromatic carbocycles. The molecule has 0 unspecified atom stereocenters. The van der Waals surface area contributed by atoms with Crippen LogP contribution in [0.3, 0.4) is 0 Å². The van der Waals surface area contributed by atoms with E-state index in [1.165, 1.54) is 12.1 Å². The number of hydrogen-bond donors (Lipinski definition) is 1. The lowest BCUT2D eigenvalue weighted by Gasteiger charge is -2.33. The van der Waals surface area contributed by atoms with Gasteiger partial charge >= 0.3 is 0 Å². The minimum Gasteiger partial charge on any atom is -0.370 e. The van der Waals surface area contributed by atoms with Crippen LogP contribution in [0.4, 0.5) is 10.1 Å². The number of hydrogen-bond acceptors (Lipinski definition) is 4. The fraction of sp³-hybridized carbons (Fsp3) is 0.227. The molecule has 28 heavy (non-hydrogen) atoms. The second-order valence-electron chi connectivity index (χ2n) is 7.09. The highest BCUT2D eigenvalue weighted by Gasteiger charge is 2.26. The van der Waals surface area contributed by atoms with E-state index in [-0.39, 0.29) is 17.5 Å². The number of carbonyl (C=O) groups excluding carboxylic acids is 2. The molecule has 1 aliphatic heterocycles. The lowest BCUT2D eigenvalue weighted by molar-refractivity contribution is 0.0900. The second kappa shape index (κ2) is 7.38. The summed E-state index contributed by atoms with van der Waals surface area (Å²) in [7, 11) is 0. The number of carbonyl (C=O) groups is 2. The van der Waals surface area contributed by atoms with Crippen molar-refractivity contribution in [2.24, 2.45) is 11.7 Å². The summed E-state index contributed by atoms with van der Waals surface area (Å²) < 4.78 is 13.1. The van der Waals surface area contributed by atoms with E-state index >= 15 is 0 Å². The molecule has 1 amide bonds. The Morgan fingerprint density at radius 3 is 2.36 bits per heavy atom. The van der Waals surface area contributed by atoms with Crippen LogP contribution in [0, 0.1) is 11.7 Å². The molecule has 1 aromatic heterocycles. The molecule has 0 aliphatic carbocycles. The van der Waals surface area contributed by atoms with Crippen LogP contribution in [0.1, 0.15) is 33.6 Å². The monoisotopic (exact) mass is 377 g/mol. The smallest absolute Gasteiger partial charge is 0.248 e. The number of halogens is 1. The molecule has 6 heteroatoms. The molecule has 1 fully saturated rings. The molecule has 0 saturated carbocycles. The summed E-state index contributed by atoms with van der Waals surface area (Å²) in [5.41, 5.74) is 7.37. The van der Waals surface area contributed by atoms with E-state index in [0.717, 1.165) is 16.5 Å². The number of aromatic nitrogens is 1. The summed E-state index contributed by atoms with van der Waals surface area (Å²) in [6, 6.07) is 11.1. The molecule has 4 rings (SSSR count). The number of pyridine rings is 1. The third-order valence-electron chi connectivity index (χ3n) is 5.36. The van der Waals surface area contributed by atoms with Gasteiger partial charge in [0.05, 0.1) is 11.9 Å². The van der Waals surface area contributed by atoms with Gasteiger partial charge < -0.3 is 10.6 Å². The number of Topliss-reactive ketones (excluding diaryl/α,β-unsaturated/α-hetero) is 1. The Hall–Kier alpha value is -3.28. The predicted octanol–water partition coefficient (Wildman–Crippen LogP) is 3.57. The van der Waals surface area contributed by atoms with E-state index in [0.29, 0.717) is 37.1 Å². The third kappa shape index (κ3) is 3.45. The zero-order chi connectivity index (χ0) is 19.7. The molecule has 142 valence electrons. The summed E-state index contributed by atoms with van der Waals surface area (Å²) in [4.78, 5) is 30.7. The molecular weight excluding hydrogens is 357 g/mol. The van der Waals surface area contributed by atoms with Crippen LogP contribution in [0.2, 0.25) is 0 Å². The maximum atomic E-state index is 13.1. The summed E-state index contributed by atoms with van der Waals surface area (Å²) in [6.45, 7) is 1.42. The van der Waals surface area contributed by atoms with Crippen molar-refractivity contribution in [3.63, 3.8) is 0 Å². The number of nitrogens with two attached hydrogens (primary N) is 1. The van der Waals surface area contributed by atoms with Gasteiger partial charge in [-0.15, -0.1) is 0 Å². The maximum absolute atomic E-state index is 13.1. The quantitative estimate of drug-likeness (QED) is 0.705. The number of rotatable bonds is 4. The largest absolute Gasteiger partial charge is 0.370 e. The van der Waals surface area contributed by atoms with E-state index in [1.807, 2.05) is 6.07 Å². The number of amides is 1. The van der Waals surface area contributed by atoms with E-state index < -0.39 is 5.91 Å². The second-order valence-corrected chi connectivity index (χ2v) is 7.09. The van der Waals surface area contributed by atoms with E-state index in [1.54, 1.807) is 36.7 Å². The standard InChI is InChI=1S/C22H20FN3O2/c23-18-5-3-14(4-6-18)21(27)15-7-9-26(10-8-15)20-13-25-12-17-2-1-16(22(24)28)11-19(17)20/h1-6,11-13,15H,7-10H2,(H2,24,28). The summed E-state index contributed by atoms with van der Waals surface area (Å²) in [5, 5.41) is 1.86. The van der Waals surface area contributed by atoms with Crippen molar-refractivity contribution in [2.75, 3.05) is 18.0 Å². The maximum Gasteiger partial charge on any atom is 0.248 e. The van der Waals surface area contributed by atoms with Gasteiger partial charge in [0, 0.05) is 47.1 Å². The molecule has 3 aromatic rings. The van der Waals surface area contributed by atoms with Crippen molar-refractivity contribution < 1.29 is 14.0 Å². The highest BCUT2D eigenvalue weighted by molar-refractivity contribution is 6.01. The van der Waals surface area contributed by atoms with Gasteiger partial charge in [-0.25, -0.2) is 4.39 Å². The van der Waals surface area contributed by atoms with Crippen LogP contribution < -0.4 is 10.6 Å².